The van der Waals surface area contributed by atoms with Crippen LogP contribution in [-0.2, 0) is 9.53 Å². The summed E-state index contributed by atoms with van der Waals surface area (Å²) in [6.45, 7) is 3.68. The Kier molecular flexibility index (Phi) is 6.53. The summed E-state index contributed by atoms with van der Waals surface area (Å²) in [6.07, 6.45) is 1.60. The van der Waals surface area contributed by atoms with Gasteiger partial charge in [0.25, 0.3) is 5.56 Å². The second-order valence-electron chi connectivity index (χ2n) is 7.25. The van der Waals surface area contributed by atoms with Crippen molar-refractivity contribution in [1.29, 1.82) is 0 Å². The van der Waals surface area contributed by atoms with Crippen LogP contribution in [0.25, 0.3) is 6.08 Å². The highest BCUT2D eigenvalue weighted by atomic mass is 79.9. The first-order valence-corrected chi connectivity index (χ1v) is 11.8. The third kappa shape index (κ3) is 4.26. The molecular weight excluding hydrogens is 508 g/mol. The van der Waals surface area contributed by atoms with E-state index in [1.807, 2.05) is 24.3 Å². The van der Waals surface area contributed by atoms with E-state index in [0.29, 0.717) is 31.9 Å². The summed E-state index contributed by atoms with van der Waals surface area (Å²) in [5, 5.41) is 10.5. The molecule has 0 amide bonds. The van der Waals surface area contributed by atoms with Gasteiger partial charge in [-0.25, -0.2) is 9.79 Å². The molecule has 0 saturated carbocycles. The number of aromatic nitrogens is 1. The van der Waals surface area contributed by atoms with Gasteiger partial charge in [0.15, 0.2) is 16.3 Å². The minimum atomic E-state index is -0.686. The summed E-state index contributed by atoms with van der Waals surface area (Å²) in [7, 11) is 1.46. The Bertz CT molecular complexity index is 1440. The third-order valence-corrected chi connectivity index (χ3v) is 6.75. The molecule has 4 rings (SSSR count). The first-order valence-electron chi connectivity index (χ1n) is 10.2. The van der Waals surface area contributed by atoms with Crippen molar-refractivity contribution in [1.82, 2.24) is 4.57 Å². The molecule has 0 radical (unpaired) electrons. The molecule has 0 saturated heterocycles. The van der Waals surface area contributed by atoms with Crippen LogP contribution >= 0.6 is 27.3 Å². The first-order chi connectivity index (χ1) is 15.8. The van der Waals surface area contributed by atoms with Gasteiger partial charge in [-0.05, 0) is 43.7 Å². The summed E-state index contributed by atoms with van der Waals surface area (Å²) in [4.78, 5) is 31.4. The van der Waals surface area contributed by atoms with Gasteiger partial charge in [0, 0.05) is 10.0 Å². The number of allylic oxidation sites excluding steroid dienone is 1. The summed E-state index contributed by atoms with van der Waals surface area (Å²) < 4.78 is 13.2. The molecule has 170 valence electrons. The normalized spacial score (nSPS) is 15.8. The lowest BCUT2D eigenvalue weighted by Crippen LogP contribution is -2.39. The molecule has 1 unspecified atom stereocenters. The fourth-order valence-corrected chi connectivity index (χ4v) is 5.02. The third-order valence-electron chi connectivity index (χ3n) is 5.24. The minimum Gasteiger partial charge on any atom is -0.504 e. The molecule has 9 heteroatoms. The second-order valence-corrected chi connectivity index (χ2v) is 9.18. The fraction of sp³-hybridized carbons (Fsp3) is 0.208. The predicted molar refractivity (Wildman–Crippen MR) is 129 cm³/mol. The van der Waals surface area contributed by atoms with Crippen LogP contribution in [0.4, 0.5) is 0 Å². The monoisotopic (exact) mass is 528 g/mol. The van der Waals surface area contributed by atoms with Gasteiger partial charge >= 0.3 is 5.97 Å². The smallest absolute Gasteiger partial charge is 0.338 e. The van der Waals surface area contributed by atoms with Crippen LogP contribution in [0.15, 0.2) is 68.0 Å². The summed E-state index contributed by atoms with van der Waals surface area (Å²) in [6, 6.07) is 11.8. The van der Waals surface area contributed by atoms with E-state index in [4.69, 9.17) is 9.47 Å². The number of thiazole rings is 1. The molecule has 0 fully saturated rings. The number of esters is 1. The Morgan fingerprint density at radius 1 is 1.27 bits per heavy atom. The number of ether oxygens (including phenoxy) is 2. The topological polar surface area (TPSA) is 90.1 Å². The van der Waals surface area contributed by atoms with Crippen molar-refractivity contribution >= 4 is 39.3 Å². The number of para-hydroxylation sites is 1. The van der Waals surface area contributed by atoms with Crippen LogP contribution in [0, 0.1) is 0 Å². The van der Waals surface area contributed by atoms with Crippen LogP contribution in [-0.4, -0.2) is 29.4 Å². The Hall–Kier alpha value is -3.17. The van der Waals surface area contributed by atoms with Crippen molar-refractivity contribution in [2.45, 2.75) is 19.9 Å². The van der Waals surface area contributed by atoms with E-state index >= 15 is 0 Å². The number of aromatic hydroxyl groups is 1. The van der Waals surface area contributed by atoms with E-state index in [9.17, 15) is 14.7 Å². The molecule has 1 N–H and O–H groups in total. The molecule has 1 atom stereocenters. The van der Waals surface area contributed by atoms with E-state index in [1.54, 1.807) is 38.1 Å². The SMILES string of the molecule is CCOC(=O)C1=C(C)N=c2s/c(=C/c3cccc(OC)c3O)c(=O)n2C1c1ccc(Br)cc1. The number of phenolic OH excluding ortho intramolecular Hbond substituents is 1. The number of halogens is 1. The van der Waals surface area contributed by atoms with Gasteiger partial charge < -0.3 is 14.6 Å². The second kappa shape index (κ2) is 9.36. The first kappa shape index (κ1) is 23.0. The molecular formula is C24H21BrN2O5S. The van der Waals surface area contributed by atoms with E-state index in [1.165, 1.54) is 23.0 Å². The maximum atomic E-state index is 13.6. The van der Waals surface area contributed by atoms with Gasteiger partial charge in [-0.2, -0.15) is 0 Å². The van der Waals surface area contributed by atoms with Crippen molar-refractivity contribution in [3.8, 4) is 11.5 Å². The van der Waals surface area contributed by atoms with Gasteiger partial charge in [0.05, 0.1) is 35.6 Å². The molecule has 1 aliphatic rings. The molecule has 2 heterocycles. The number of nitrogens with zero attached hydrogens (tertiary/aromatic N) is 2. The average molecular weight is 529 g/mol. The molecule has 0 bridgehead atoms. The van der Waals surface area contributed by atoms with Gasteiger partial charge in [0.1, 0.15) is 0 Å². The molecule has 3 aromatic rings. The average Bonchev–Trinajstić information content (AvgIpc) is 3.09. The largest absolute Gasteiger partial charge is 0.504 e. The molecule has 0 spiro atoms. The standard InChI is InChI=1S/C24H21BrN2O5S/c1-4-32-23(30)19-13(2)26-24-27(20(19)14-8-10-16(25)11-9-14)22(29)18(33-24)12-15-6-5-7-17(31-3)21(15)28/h5-12,20,28H,4H2,1-3H3/b18-12+. The number of methoxy groups -OCH3 is 1. The van der Waals surface area contributed by atoms with E-state index in [2.05, 4.69) is 20.9 Å². The summed E-state index contributed by atoms with van der Waals surface area (Å²) >= 11 is 4.62. The molecule has 7 nitrogen and oxygen atoms in total. The molecule has 0 aliphatic carbocycles. The Balaban J connectivity index is 1.96. The van der Waals surface area contributed by atoms with Gasteiger partial charge in [-0.1, -0.05) is 51.5 Å². The quantitative estimate of drug-likeness (QED) is 0.513. The van der Waals surface area contributed by atoms with Crippen LogP contribution in [0.3, 0.4) is 0 Å². The van der Waals surface area contributed by atoms with Crippen LogP contribution in [0.1, 0.15) is 31.0 Å². The highest BCUT2D eigenvalue weighted by Crippen LogP contribution is 2.32. The van der Waals surface area contributed by atoms with Crippen molar-refractivity contribution < 1.29 is 19.4 Å². The van der Waals surface area contributed by atoms with Gasteiger partial charge in [-0.3, -0.25) is 9.36 Å². The lowest BCUT2D eigenvalue weighted by atomic mass is 9.96. The zero-order chi connectivity index (χ0) is 23.7. The minimum absolute atomic E-state index is 0.0568. The molecule has 2 aromatic carbocycles. The number of carbonyl (C=O) groups is 1. The highest BCUT2D eigenvalue weighted by molar-refractivity contribution is 9.10. The predicted octanol–water partition coefficient (Wildman–Crippen LogP) is 3.28. The van der Waals surface area contributed by atoms with Gasteiger partial charge in [-0.15, -0.1) is 0 Å². The van der Waals surface area contributed by atoms with Crippen molar-refractivity contribution in [2.75, 3.05) is 13.7 Å². The number of rotatable bonds is 5. The zero-order valence-electron chi connectivity index (χ0n) is 18.2. The lowest BCUT2D eigenvalue weighted by Gasteiger charge is -2.24. The number of hydrogen-bond acceptors (Lipinski definition) is 7. The Morgan fingerprint density at radius 2 is 2.00 bits per heavy atom. The van der Waals surface area contributed by atoms with Crippen molar-refractivity contribution in [3.63, 3.8) is 0 Å². The summed E-state index contributed by atoms with van der Waals surface area (Å²) in [5.74, 6) is -0.255. The maximum Gasteiger partial charge on any atom is 0.338 e. The van der Waals surface area contributed by atoms with E-state index in [0.717, 1.165) is 10.0 Å². The maximum absolute atomic E-state index is 13.6. The van der Waals surface area contributed by atoms with Crippen LogP contribution in [0.5, 0.6) is 11.5 Å². The number of phenols is 1. The Labute approximate surface area is 202 Å². The number of fused-ring (bicyclic) bond motifs is 1. The molecule has 1 aromatic heterocycles. The van der Waals surface area contributed by atoms with Crippen molar-refractivity contribution in [2.24, 2.45) is 4.99 Å². The zero-order valence-corrected chi connectivity index (χ0v) is 20.6. The van der Waals surface area contributed by atoms with Crippen LogP contribution in [0.2, 0.25) is 0 Å². The number of hydrogen-bond donors (Lipinski definition) is 1. The fourth-order valence-electron chi connectivity index (χ4n) is 3.71. The number of benzene rings is 2. The van der Waals surface area contributed by atoms with Crippen molar-refractivity contribution in [3.05, 3.63) is 89.0 Å². The summed E-state index contributed by atoms with van der Waals surface area (Å²) in [5.41, 5.74) is 1.71. The van der Waals surface area contributed by atoms with E-state index in [-0.39, 0.29) is 17.9 Å². The molecule has 1 aliphatic heterocycles. The van der Waals surface area contributed by atoms with Crippen LogP contribution < -0.4 is 19.6 Å². The van der Waals surface area contributed by atoms with E-state index < -0.39 is 12.0 Å². The van der Waals surface area contributed by atoms with Gasteiger partial charge in [0.2, 0.25) is 0 Å². The lowest BCUT2D eigenvalue weighted by molar-refractivity contribution is -0.139. The highest BCUT2D eigenvalue weighted by Gasteiger charge is 2.33. The molecule has 33 heavy (non-hydrogen) atoms. The Morgan fingerprint density at radius 3 is 2.67 bits per heavy atom. The number of carbonyl (C=O) groups excluding carboxylic acids is 1.